The highest BCUT2D eigenvalue weighted by Gasteiger charge is 2.21. The van der Waals surface area contributed by atoms with Crippen LogP contribution < -0.4 is 11.1 Å². The molecule has 4 nitrogen and oxygen atoms in total. The van der Waals surface area contributed by atoms with Crippen molar-refractivity contribution in [3.63, 3.8) is 0 Å². The molecule has 1 amide bonds. The average Bonchev–Trinajstić information content (AvgIpc) is 2.28. The summed E-state index contributed by atoms with van der Waals surface area (Å²) < 4.78 is 0. The van der Waals surface area contributed by atoms with E-state index in [9.17, 15) is 4.79 Å². The van der Waals surface area contributed by atoms with Crippen LogP contribution in [-0.2, 0) is 4.79 Å². The summed E-state index contributed by atoms with van der Waals surface area (Å²) in [7, 11) is 0. The third kappa shape index (κ3) is 6.03. The molecular formula is C13H28ClN3O. The van der Waals surface area contributed by atoms with Crippen LogP contribution in [0.15, 0.2) is 0 Å². The van der Waals surface area contributed by atoms with Crippen molar-refractivity contribution in [3.8, 4) is 0 Å². The molecule has 1 heterocycles. The van der Waals surface area contributed by atoms with Crippen molar-refractivity contribution in [3.05, 3.63) is 0 Å². The molecule has 0 spiro atoms. The van der Waals surface area contributed by atoms with E-state index < -0.39 is 0 Å². The molecule has 0 radical (unpaired) electrons. The number of halogens is 1. The summed E-state index contributed by atoms with van der Waals surface area (Å²) in [6, 6.07) is 0.248. The van der Waals surface area contributed by atoms with Gasteiger partial charge in [0.15, 0.2) is 0 Å². The summed E-state index contributed by atoms with van der Waals surface area (Å²) in [5, 5.41) is 3.05. The summed E-state index contributed by atoms with van der Waals surface area (Å²) >= 11 is 0. The first-order valence-corrected chi connectivity index (χ1v) is 6.74. The minimum Gasteiger partial charge on any atom is -0.352 e. The van der Waals surface area contributed by atoms with Gasteiger partial charge in [-0.3, -0.25) is 9.69 Å². The third-order valence-corrected chi connectivity index (χ3v) is 3.69. The van der Waals surface area contributed by atoms with E-state index in [0.717, 1.165) is 26.1 Å². The normalized spacial score (nSPS) is 22.4. The van der Waals surface area contributed by atoms with Gasteiger partial charge in [0.1, 0.15) is 0 Å². The van der Waals surface area contributed by atoms with Gasteiger partial charge < -0.3 is 11.1 Å². The summed E-state index contributed by atoms with van der Waals surface area (Å²) in [5.41, 5.74) is 5.69. The molecule has 5 heteroatoms. The number of nitrogens with two attached hydrogens (primary N) is 1. The van der Waals surface area contributed by atoms with Crippen molar-refractivity contribution in [2.75, 3.05) is 26.2 Å². The van der Waals surface area contributed by atoms with Crippen molar-refractivity contribution < 1.29 is 4.79 Å². The molecular weight excluding hydrogens is 250 g/mol. The number of carbonyl (C=O) groups is 1. The first-order chi connectivity index (χ1) is 8.02. The number of hydrogen-bond acceptors (Lipinski definition) is 3. The highest BCUT2D eigenvalue weighted by molar-refractivity contribution is 5.85. The van der Waals surface area contributed by atoms with E-state index in [-0.39, 0.29) is 24.4 Å². The first kappa shape index (κ1) is 17.7. The predicted octanol–water partition coefficient (Wildman–Crippen LogP) is 1.24. The van der Waals surface area contributed by atoms with Crippen molar-refractivity contribution in [2.24, 2.45) is 17.6 Å². The van der Waals surface area contributed by atoms with Gasteiger partial charge >= 0.3 is 0 Å². The molecule has 1 rings (SSSR count). The lowest BCUT2D eigenvalue weighted by Crippen LogP contribution is -2.46. The molecule has 0 bridgehead atoms. The Kier molecular flexibility index (Phi) is 8.57. The van der Waals surface area contributed by atoms with E-state index in [4.69, 9.17) is 5.73 Å². The SMILES string of the molecule is CC(C)C(C)NC(=O)CN1CCCC(CN)C1.Cl. The minimum absolute atomic E-state index is 0. The Balaban J connectivity index is 0.00000289. The lowest BCUT2D eigenvalue weighted by atomic mass is 9.98. The number of amides is 1. The highest BCUT2D eigenvalue weighted by atomic mass is 35.5. The maximum Gasteiger partial charge on any atom is 0.234 e. The molecule has 1 fully saturated rings. The van der Waals surface area contributed by atoms with Crippen LogP contribution in [0.5, 0.6) is 0 Å². The molecule has 0 aliphatic carbocycles. The van der Waals surface area contributed by atoms with Crippen LogP contribution in [0.3, 0.4) is 0 Å². The predicted molar refractivity (Wildman–Crippen MR) is 77.9 cm³/mol. The standard InChI is InChI=1S/C13H27N3O.ClH/c1-10(2)11(3)15-13(17)9-16-6-4-5-12(7-14)8-16;/h10-12H,4-9,14H2,1-3H3,(H,15,17);1H. The molecule has 1 aliphatic heterocycles. The summed E-state index contributed by atoms with van der Waals surface area (Å²) in [6.07, 6.45) is 2.37. The molecule has 1 saturated heterocycles. The molecule has 2 atom stereocenters. The van der Waals surface area contributed by atoms with Gasteiger partial charge in [-0.25, -0.2) is 0 Å². The molecule has 2 unspecified atom stereocenters. The zero-order valence-electron chi connectivity index (χ0n) is 11.8. The molecule has 0 aromatic rings. The Morgan fingerprint density at radius 2 is 2.11 bits per heavy atom. The first-order valence-electron chi connectivity index (χ1n) is 6.74. The third-order valence-electron chi connectivity index (χ3n) is 3.69. The Labute approximate surface area is 117 Å². The van der Waals surface area contributed by atoms with Crippen molar-refractivity contribution in [2.45, 2.75) is 39.7 Å². The van der Waals surface area contributed by atoms with Crippen LogP contribution in [0.1, 0.15) is 33.6 Å². The van der Waals surface area contributed by atoms with Crippen molar-refractivity contribution in [1.82, 2.24) is 10.2 Å². The quantitative estimate of drug-likeness (QED) is 0.795. The van der Waals surface area contributed by atoms with Gasteiger partial charge in [-0.1, -0.05) is 13.8 Å². The fraction of sp³-hybridized carbons (Fsp3) is 0.923. The topological polar surface area (TPSA) is 58.4 Å². The molecule has 0 saturated carbocycles. The smallest absolute Gasteiger partial charge is 0.234 e. The van der Waals surface area contributed by atoms with Gasteiger partial charge in [-0.2, -0.15) is 0 Å². The number of nitrogens with zero attached hydrogens (tertiary/aromatic N) is 1. The largest absolute Gasteiger partial charge is 0.352 e. The van der Waals surface area contributed by atoms with Gasteiger partial charge in [0.25, 0.3) is 0 Å². The monoisotopic (exact) mass is 277 g/mol. The fourth-order valence-electron chi connectivity index (χ4n) is 2.16. The van der Waals surface area contributed by atoms with E-state index in [2.05, 4.69) is 31.0 Å². The van der Waals surface area contributed by atoms with E-state index in [1.54, 1.807) is 0 Å². The van der Waals surface area contributed by atoms with E-state index >= 15 is 0 Å². The summed E-state index contributed by atoms with van der Waals surface area (Å²) in [5.74, 6) is 1.19. The van der Waals surface area contributed by atoms with Crippen LogP contribution in [-0.4, -0.2) is 43.0 Å². The van der Waals surface area contributed by atoms with Gasteiger partial charge in [0, 0.05) is 12.6 Å². The number of carbonyl (C=O) groups excluding carboxylic acids is 1. The van der Waals surface area contributed by atoms with E-state index in [0.29, 0.717) is 18.4 Å². The average molecular weight is 278 g/mol. The van der Waals surface area contributed by atoms with Crippen molar-refractivity contribution in [1.29, 1.82) is 0 Å². The van der Waals surface area contributed by atoms with E-state index in [1.165, 1.54) is 6.42 Å². The Bertz CT molecular complexity index is 248. The molecule has 108 valence electrons. The van der Waals surface area contributed by atoms with E-state index in [1.807, 2.05) is 0 Å². The summed E-state index contributed by atoms with van der Waals surface area (Å²) in [6.45, 7) is 9.56. The van der Waals surface area contributed by atoms with Gasteiger partial charge in [0.2, 0.25) is 5.91 Å². The number of hydrogen-bond donors (Lipinski definition) is 2. The van der Waals surface area contributed by atoms with Gasteiger partial charge in [-0.05, 0) is 44.7 Å². The minimum atomic E-state index is 0. The number of rotatable bonds is 5. The molecule has 0 aromatic heterocycles. The summed E-state index contributed by atoms with van der Waals surface area (Å²) in [4.78, 5) is 14.1. The van der Waals surface area contributed by atoms with Crippen LogP contribution in [0.4, 0.5) is 0 Å². The van der Waals surface area contributed by atoms with Crippen molar-refractivity contribution >= 4 is 18.3 Å². The van der Waals surface area contributed by atoms with Crippen LogP contribution in [0.25, 0.3) is 0 Å². The number of piperidine rings is 1. The second-order valence-corrected chi connectivity index (χ2v) is 5.58. The molecule has 0 aromatic carbocycles. The van der Waals surface area contributed by atoms with Gasteiger partial charge in [0.05, 0.1) is 6.54 Å². The second-order valence-electron chi connectivity index (χ2n) is 5.58. The molecule has 1 aliphatic rings. The Morgan fingerprint density at radius 1 is 1.44 bits per heavy atom. The lowest BCUT2D eigenvalue weighted by molar-refractivity contribution is -0.123. The van der Waals surface area contributed by atoms with Crippen LogP contribution in [0, 0.1) is 11.8 Å². The second kappa shape index (κ2) is 8.73. The Hall–Kier alpha value is -0.320. The zero-order valence-corrected chi connectivity index (χ0v) is 12.6. The molecule has 18 heavy (non-hydrogen) atoms. The highest BCUT2D eigenvalue weighted by Crippen LogP contribution is 2.14. The Morgan fingerprint density at radius 3 is 2.67 bits per heavy atom. The fourth-order valence-corrected chi connectivity index (χ4v) is 2.16. The zero-order chi connectivity index (χ0) is 12.8. The maximum atomic E-state index is 11.8. The van der Waals surface area contributed by atoms with Crippen LogP contribution in [0.2, 0.25) is 0 Å². The van der Waals surface area contributed by atoms with Crippen LogP contribution >= 0.6 is 12.4 Å². The lowest BCUT2D eigenvalue weighted by Gasteiger charge is -2.32. The van der Waals surface area contributed by atoms with Gasteiger partial charge in [-0.15, -0.1) is 12.4 Å². The number of nitrogens with one attached hydrogen (secondary N) is 1. The molecule has 3 N–H and O–H groups in total. The maximum absolute atomic E-state index is 11.8. The number of likely N-dealkylation sites (tertiary alicyclic amines) is 1.